The second kappa shape index (κ2) is 8.91. The van der Waals surface area contributed by atoms with Gasteiger partial charge >= 0.3 is 0 Å². The zero-order valence-corrected chi connectivity index (χ0v) is 16.7. The summed E-state index contributed by atoms with van der Waals surface area (Å²) in [7, 11) is 0. The van der Waals surface area contributed by atoms with Crippen molar-refractivity contribution in [1.82, 2.24) is 19.5 Å². The third-order valence-electron chi connectivity index (χ3n) is 4.76. The van der Waals surface area contributed by atoms with Gasteiger partial charge in [0.05, 0.1) is 23.8 Å². The molecule has 2 aromatic heterocycles. The van der Waals surface area contributed by atoms with Gasteiger partial charge in [-0.1, -0.05) is 39.0 Å². The fourth-order valence-corrected chi connectivity index (χ4v) is 3.60. The van der Waals surface area contributed by atoms with Crippen molar-refractivity contribution in [2.75, 3.05) is 5.73 Å². The molecule has 1 saturated heterocycles. The van der Waals surface area contributed by atoms with Crippen LogP contribution in [-0.2, 0) is 4.74 Å². The maximum absolute atomic E-state index is 10.5. The molecule has 27 heavy (non-hydrogen) atoms. The first-order valence-electron chi connectivity index (χ1n) is 9.57. The first-order chi connectivity index (χ1) is 13.1. The number of aliphatic hydroxyl groups excluding tert-OH is 1. The second-order valence-electron chi connectivity index (χ2n) is 6.85. The summed E-state index contributed by atoms with van der Waals surface area (Å²) in [6, 6.07) is 0. The van der Waals surface area contributed by atoms with Crippen molar-refractivity contribution in [2.24, 2.45) is 0 Å². The van der Waals surface area contributed by atoms with E-state index in [0.29, 0.717) is 17.0 Å². The zero-order valence-electron chi connectivity index (χ0n) is 15.8. The molecule has 3 rings (SSSR count). The average Bonchev–Trinajstić information content (AvgIpc) is 3.19. The standard InChI is InChI=1S/C19H27N5O2S/c1-3-5-7-8-10-13-22-17(20)14-18(23-13)24(11-21-14)19-16(27)15(25)12(26-19)9-6-4-2/h11-12,15-16,19,25,27H,3-7,9H2,1-2H3,(H2,20,22,23)/t12-,15-,16-,19-/m1/s1. The molecule has 0 aromatic carbocycles. The number of fused-ring (bicyclic) bond motifs is 1. The number of ether oxygens (including phenoxy) is 1. The lowest BCUT2D eigenvalue weighted by Crippen LogP contribution is -2.27. The fourth-order valence-electron chi connectivity index (χ4n) is 3.19. The lowest BCUT2D eigenvalue weighted by molar-refractivity contribution is -0.0214. The van der Waals surface area contributed by atoms with Crippen LogP contribution in [0.1, 0.15) is 64.4 Å². The first-order valence-corrected chi connectivity index (χ1v) is 10.1. The van der Waals surface area contributed by atoms with Crippen LogP contribution in [-0.4, -0.2) is 42.1 Å². The highest BCUT2D eigenvalue weighted by Gasteiger charge is 2.42. The normalized spacial score (nSPS) is 24.9. The molecular weight excluding hydrogens is 362 g/mol. The predicted octanol–water partition coefficient (Wildman–Crippen LogP) is 2.70. The summed E-state index contributed by atoms with van der Waals surface area (Å²) in [6.07, 6.45) is 6.02. The Balaban J connectivity index is 1.90. The van der Waals surface area contributed by atoms with E-state index in [9.17, 15) is 5.11 Å². The molecule has 3 heterocycles. The van der Waals surface area contributed by atoms with Crippen molar-refractivity contribution >= 4 is 29.6 Å². The van der Waals surface area contributed by atoms with Crippen molar-refractivity contribution in [3.8, 4) is 11.8 Å². The van der Waals surface area contributed by atoms with Gasteiger partial charge in [0.2, 0.25) is 5.82 Å². The van der Waals surface area contributed by atoms with Crippen molar-refractivity contribution in [3.05, 3.63) is 12.2 Å². The Hall–Kier alpha value is -1.82. The van der Waals surface area contributed by atoms with Crippen LogP contribution in [0.2, 0.25) is 0 Å². The van der Waals surface area contributed by atoms with E-state index in [1.807, 2.05) is 0 Å². The highest BCUT2D eigenvalue weighted by atomic mass is 32.1. The molecule has 8 heteroatoms. The SMILES string of the molecule is CCCCC#Cc1nc(N)c2ncn([C@@H]3O[C@H](CCCC)[C@@H](O)[C@H]3S)c2n1. The Morgan fingerprint density at radius 1 is 1.30 bits per heavy atom. The molecule has 0 amide bonds. The van der Waals surface area contributed by atoms with Crippen molar-refractivity contribution in [2.45, 2.75) is 76.1 Å². The number of rotatable bonds is 6. The number of unbranched alkanes of at least 4 members (excludes halogenated alkanes) is 3. The number of anilines is 1. The number of nitrogens with zero attached hydrogens (tertiary/aromatic N) is 4. The van der Waals surface area contributed by atoms with Gasteiger partial charge < -0.3 is 15.6 Å². The molecule has 0 spiro atoms. The van der Waals surface area contributed by atoms with Crippen LogP contribution in [0.3, 0.4) is 0 Å². The minimum absolute atomic E-state index is 0.248. The molecule has 0 radical (unpaired) electrons. The minimum Gasteiger partial charge on any atom is -0.389 e. The quantitative estimate of drug-likeness (QED) is 0.399. The van der Waals surface area contributed by atoms with Gasteiger partial charge in [0, 0.05) is 6.42 Å². The van der Waals surface area contributed by atoms with Crippen molar-refractivity contribution < 1.29 is 9.84 Å². The number of nitrogen functional groups attached to an aromatic ring is 1. The summed E-state index contributed by atoms with van der Waals surface area (Å²) in [5, 5.41) is 10.1. The Labute approximate surface area is 165 Å². The van der Waals surface area contributed by atoms with E-state index in [1.165, 1.54) is 0 Å². The summed E-state index contributed by atoms with van der Waals surface area (Å²) in [5.74, 6) is 6.71. The Morgan fingerprint density at radius 2 is 2.07 bits per heavy atom. The molecule has 146 valence electrons. The van der Waals surface area contributed by atoms with Crippen LogP contribution in [0, 0.1) is 11.8 Å². The molecule has 3 N–H and O–H groups in total. The van der Waals surface area contributed by atoms with E-state index in [-0.39, 0.29) is 17.2 Å². The molecule has 2 aromatic rings. The highest BCUT2D eigenvalue weighted by Crippen LogP contribution is 2.36. The van der Waals surface area contributed by atoms with Gasteiger partial charge in [-0.2, -0.15) is 12.6 Å². The van der Waals surface area contributed by atoms with Gasteiger partial charge in [-0.15, -0.1) is 0 Å². The van der Waals surface area contributed by atoms with Gasteiger partial charge in [0.15, 0.2) is 17.7 Å². The van der Waals surface area contributed by atoms with E-state index in [0.717, 1.165) is 38.5 Å². The lowest BCUT2D eigenvalue weighted by atomic mass is 10.1. The molecule has 0 bridgehead atoms. The van der Waals surface area contributed by atoms with Gasteiger partial charge in [0.1, 0.15) is 5.52 Å². The molecule has 1 fully saturated rings. The number of nitrogens with two attached hydrogens (primary N) is 1. The number of imidazole rings is 1. The fraction of sp³-hybridized carbons (Fsp3) is 0.632. The predicted molar refractivity (Wildman–Crippen MR) is 108 cm³/mol. The number of aromatic nitrogens is 4. The average molecular weight is 390 g/mol. The largest absolute Gasteiger partial charge is 0.389 e. The third kappa shape index (κ3) is 4.21. The van der Waals surface area contributed by atoms with Crippen LogP contribution in [0.5, 0.6) is 0 Å². The van der Waals surface area contributed by atoms with E-state index in [2.05, 4.69) is 53.3 Å². The van der Waals surface area contributed by atoms with Gasteiger partial charge in [-0.25, -0.2) is 15.0 Å². The van der Waals surface area contributed by atoms with Crippen LogP contribution in [0.15, 0.2) is 6.33 Å². The smallest absolute Gasteiger partial charge is 0.208 e. The van der Waals surface area contributed by atoms with Crippen molar-refractivity contribution in [1.29, 1.82) is 0 Å². The van der Waals surface area contributed by atoms with E-state index >= 15 is 0 Å². The van der Waals surface area contributed by atoms with Crippen LogP contribution >= 0.6 is 12.6 Å². The molecule has 0 aliphatic carbocycles. The second-order valence-corrected chi connectivity index (χ2v) is 7.45. The third-order valence-corrected chi connectivity index (χ3v) is 5.32. The number of hydrogen-bond acceptors (Lipinski definition) is 7. The molecular formula is C19H27N5O2S. The molecule has 1 aliphatic rings. The van der Waals surface area contributed by atoms with Gasteiger partial charge in [-0.3, -0.25) is 4.57 Å². The maximum atomic E-state index is 10.5. The summed E-state index contributed by atoms with van der Waals surface area (Å²) in [5.41, 5.74) is 7.11. The number of thiol groups is 1. The van der Waals surface area contributed by atoms with Crippen LogP contribution in [0.25, 0.3) is 11.2 Å². The highest BCUT2D eigenvalue weighted by molar-refractivity contribution is 7.81. The summed E-state index contributed by atoms with van der Waals surface area (Å²) in [6.45, 7) is 4.24. The van der Waals surface area contributed by atoms with E-state index in [4.69, 9.17) is 10.5 Å². The van der Waals surface area contributed by atoms with E-state index < -0.39 is 12.3 Å². The summed E-state index contributed by atoms with van der Waals surface area (Å²) >= 11 is 4.58. The lowest BCUT2D eigenvalue weighted by Gasteiger charge is -2.17. The monoisotopic (exact) mass is 389 g/mol. The summed E-state index contributed by atoms with van der Waals surface area (Å²) < 4.78 is 7.87. The topological polar surface area (TPSA) is 99.1 Å². The number of aliphatic hydroxyl groups is 1. The van der Waals surface area contributed by atoms with Gasteiger partial charge in [0.25, 0.3) is 0 Å². The molecule has 4 atom stereocenters. The minimum atomic E-state index is -0.644. The van der Waals surface area contributed by atoms with Crippen LogP contribution in [0.4, 0.5) is 5.82 Å². The maximum Gasteiger partial charge on any atom is 0.208 e. The Kier molecular flexibility index (Phi) is 6.58. The molecule has 0 saturated carbocycles. The Bertz CT molecular complexity index is 844. The summed E-state index contributed by atoms with van der Waals surface area (Å²) in [4.78, 5) is 13.1. The van der Waals surface area contributed by atoms with Crippen LogP contribution < -0.4 is 5.73 Å². The Morgan fingerprint density at radius 3 is 2.81 bits per heavy atom. The first kappa shape index (κ1) is 19.9. The van der Waals surface area contributed by atoms with Crippen molar-refractivity contribution in [3.63, 3.8) is 0 Å². The molecule has 0 unspecified atom stereocenters. The molecule has 1 aliphatic heterocycles. The van der Waals surface area contributed by atoms with Gasteiger partial charge in [-0.05, 0) is 18.8 Å². The van der Waals surface area contributed by atoms with E-state index in [1.54, 1.807) is 10.9 Å². The zero-order chi connectivity index (χ0) is 19.4. The molecule has 7 nitrogen and oxygen atoms in total. The number of hydrogen-bond donors (Lipinski definition) is 3.